The van der Waals surface area contributed by atoms with Crippen molar-refractivity contribution in [2.24, 2.45) is 0 Å². The number of urea groups is 1. The maximum absolute atomic E-state index is 12.1. The van der Waals surface area contributed by atoms with E-state index >= 15 is 0 Å². The molecule has 5 nitrogen and oxygen atoms in total. The van der Waals surface area contributed by atoms with Gasteiger partial charge in [-0.15, -0.1) is 0 Å². The van der Waals surface area contributed by atoms with Gasteiger partial charge < -0.3 is 10.6 Å². The van der Waals surface area contributed by atoms with Crippen molar-refractivity contribution in [1.82, 2.24) is 10.6 Å². The van der Waals surface area contributed by atoms with Crippen molar-refractivity contribution >= 4 is 26.6 Å². The molecular weight excluding hydrogens is 324 g/mol. The minimum atomic E-state index is -3.02. The molecule has 6 heteroatoms. The number of amides is 2. The van der Waals surface area contributed by atoms with E-state index in [2.05, 4.69) is 10.6 Å². The highest BCUT2D eigenvalue weighted by atomic mass is 32.2. The smallest absolute Gasteiger partial charge is 0.315 e. The molecule has 0 fully saturated rings. The Hall–Kier alpha value is -2.08. The van der Waals surface area contributed by atoms with Crippen molar-refractivity contribution < 1.29 is 13.2 Å². The van der Waals surface area contributed by atoms with Gasteiger partial charge in [0, 0.05) is 12.3 Å². The molecule has 0 saturated heterocycles. The van der Waals surface area contributed by atoms with Gasteiger partial charge in [-0.05, 0) is 36.6 Å². The van der Waals surface area contributed by atoms with Gasteiger partial charge in [-0.2, -0.15) is 0 Å². The number of benzene rings is 2. The summed E-state index contributed by atoms with van der Waals surface area (Å²) in [6.07, 6.45) is 1.59. The molecule has 0 aromatic heterocycles. The lowest BCUT2D eigenvalue weighted by atomic mass is 10.00. The summed E-state index contributed by atoms with van der Waals surface area (Å²) in [6.45, 7) is 3.73. The lowest BCUT2D eigenvalue weighted by Crippen LogP contribution is -2.42. The molecule has 0 aliphatic rings. The number of carbonyl (C=O) groups is 1. The summed E-state index contributed by atoms with van der Waals surface area (Å²) in [6, 6.07) is 13.4. The molecule has 2 aromatic carbocycles. The number of fused-ring (bicyclic) bond motifs is 1. The van der Waals surface area contributed by atoms with E-state index in [1.807, 2.05) is 49.4 Å². The van der Waals surface area contributed by atoms with Crippen molar-refractivity contribution in [3.05, 3.63) is 48.0 Å². The minimum absolute atomic E-state index is 0.0628. The van der Waals surface area contributed by atoms with Crippen LogP contribution in [0.25, 0.3) is 10.8 Å². The normalized spacial score (nSPS) is 14.1. The average Bonchev–Trinajstić information content (AvgIpc) is 2.51. The van der Waals surface area contributed by atoms with Gasteiger partial charge in [0.2, 0.25) is 0 Å². The monoisotopic (exact) mass is 348 g/mol. The number of nitrogens with one attached hydrogen (secondary N) is 2. The first-order valence-corrected chi connectivity index (χ1v) is 10.0. The van der Waals surface area contributed by atoms with Crippen LogP contribution in [0.2, 0.25) is 0 Å². The maximum Gasteiger partial charge on any atom is 0.315 e. The molecule has 2 rings (SSSR count). The van der Waals surface area contributed by atoms with Crippen LogP contribution in [-0.4, -0.2) is 32.5 Å². The zero-order valence-electron chi connectivity index (χ0n) is 14.2. The Morgan fingerprint density at radius 2 is 1.71 bits per heavy atom. The van der Waals surface area contributed by atoms with Crippen LogP contribution >= 0.6 is 0 Å². The van der Waals surface area contributed by atoms with Crippen molar-refractivity contribution in [2.75, 3.05) is 12.0 Å². The Morgan fingerprint density at radius 1 is 1.04 bits per heavy atom. The summed E-state index contributed by atoms with van der Waals surface area (Å²) in [7, 11) is -3.02. The zero-order chi connectivity index (χ0) is 17.7. The molecule has 2 amide bonds. The number of sulfone groups is 1. The zero-order valence-corrected chi connectivity index (χ0v) is 15.1. The van der Waals surface area contributed by atoms with Gasteiger partial charge in [0.05, 0.1) is 11.8 Å². The van der Waals surface area contributed by atoms with Crippen molar-refractivity contribution in [2.45, 2.75) is 32.4 Å². The van der Waals surface area contributed by atoms with E-state index in [1.165, 1.54) is 6.26 Å². The molecule has 130 valence electrons. The fourth-order valence-electron chi connectivity index (χ4n) is 2.63. The number of rotatable bonds is 6. The van der Waals surface area contributed by atoms with Crippen LogP contribution < -0.4 is 10.6 Å². The van der Waals surface area contributed by atoms with Crippen molar-refractivity contribution in [3.8, 4) is 0 Å². The summed E-state index contributed by atoms with van der Waals surface area (Å²) < 4.78 is 22.4. The number of carbonyl (C=O) groups excluding carboxylic acids is 1. The van der Waals surface area contributed by atoms with Gasteiger partial charge in [-0.1, -0.05) is 42.5 Å². The third-order valence-corrected chi connectivity index (χ3v) is 4.91. The van der Waals surface area contributed by atoms with E-state index < -0.39 is 9.84 Å². The molecule has 24 heavy (non-hydrogen) atoms. The fourth-order valence-corrected chi connectivity index (χ4v) is 3.41. The molecule has 2 atom stereocenters. The molecule has 0 spiro atoms. The predicted octanol–water partition coefficient (Wildman–Crippen LogP) is 3.02. The topological polar surface area (TPSA) is 75.3 Å². The van der Waals surface area contributed by atoms with Crippen LogP contribution in [0.3, 0.4) is 0 Å². The molecule has 0 unspecified atom stereocenters. The van der Waals surface area contributed by atoms with Gasteiger partial charge in [-0.25, -0.2) is 13.2 Å². The largest absolute Gasteiger partial charge is 0.336 e. The highest BCUT2D eigenvalue weighted by Gasteiger charge is 2.14. The highest BCUT2D eigenvalue weighted by molar-refractivity contribution is 7.90. The van der Waals surface area contributed by atoms with E-state index in [0.29, 0.717) is 6.42 Å². The Kier molecular flexibility index (Phi) is 5.83. The van der Waals surface area contributed by atoms with Crippen LogP contribution in [0, 0.1) is 0 Å². The molecule has 2 aromatic rings. The fraction of sp³-hybridized carbons (Fsp3) is 0.389. The lowest BCUT2D eigenvalue weighted by Gasteiger charge is -2.19. The Labute approximate surface area is 143 Å². The average molecular weight is 348 g/mol. The Balaban J connectivity index is 1.98. The third-order valence-electron chi connectivity index (χ3n) is 3.94. The molecule has 0 bridgehead atoms. The van der Waals surface area contributed by atoms with E-state index in [1.54, 1.807) is 6.92 Å². The molecule has 0 aliphatic carbocycles. The quantitative estimate of drug-likeness (QED) is 0.842. The second-order valence-electron chi connectivity index (χ2n) is 6.23. The lowest BCUT2D eigenvalue weighted by molar-refractivity contribution is 0.234. The molecule has 0 aliphatic heterocycles. The molecule has 0 saturated carbocycles. The summed E-state index contributed by atoms with van der Waals surface area (Å²) in [4.78, 5) is 12.1. The number of hydrogen-bond acceptors (Lipinski definition) is 3. The first kappa shape index (κ1) is 18.3. The molecule has 0 heterocycles. The standard InChI is InChI=1S/C18H24N2O3S/c1-13(11-12-24(3,22)23)19-18(21)20-14(2)16-10-6-8-15-7-4-5-9-17(15)16/h4-10,13-14H,11-12H2,1-3H3,(H2,19,20,21)/t13-,14+/m1/s1. The van der Waals surface area contributed by atoms with E-state index in [4.69, 9.17) is 0 Å². The van der Waals surface area contributed by atoms with Crippen LogP contribution in [-0.2, 0) is 9.84 Å². The second kappa shape index (κ2) is 7.66. The summed E-state index contributed by atoms with van der Waals surface area (Å²) in [5.41, 5.74) is 1.05. The van der Waals surface area contributed by atoms with Gasteiger partial charge in [-0.3, -0.25) is 0 Å². The Bertz CT molecular complexity index is 813. The highest BCUT2D eigenvalue weighted by Crippen LogP contribution is 2.23. The maximum atomic E-state index is 12.1. The predicted molar refractivity (Wildman–Crippen MR) is 97.8 cm³/mol. The summed E-state index contributed by atoms with van der Waals surface area (Å²) in [5, 5.41) is 7.94. The molecule has 2 N–H and O–H groups in total. The summed E-state index contributed by atoms with van der Waals surface area (Å²) >= 11 is 0. The Morgan fingerprint density at radius 3 is 2.42 bits per heavy atom. The van der Waals surface area contributed by atoms with E-state index in [0.717, 1.165) is 16.3 Å². The summed E-state index contributed by atoms with van der Waals surface area (Å²) in [5.74, 6) is 0.0628. The van der Waals surface area contributed by atoms with E-state index in [9.17, 15) is 13.2 Å². The first-order valence-electron chi connectivity index (χ1n) is 7.98. The van der Waals surface area contributed by atoms with Crippen LogP contribution in [0.1, 0.15) is 31.9 Å². The van der Waals surface area contributed by atoms with E-state index in [-0.39, 0.29) is 23.9 Å². The number of hydrogen-bond donors (Lipinski definition) is 2. The third kappa shape index (κ3) is 5.23. The first-order chi connectivity index (χ1) is 11.3. The van der Waals surface area contributed by atoms with Crippen LogP contribution in [0.15, 0.2) is 42.5 Å². The molecule has 0 radical (unpaired) electrons. The SMILES string of the molecule is C[C@H](CCS(C)(=O)=O)NC(=O)N[C@@H](C)c1cccc2ccccc12. The van der Waals surface area contributed by atoms with Crippen LogP contribution in [0.4, 0.5) is 4.79 Å². The van der Waals surface area contributed by atoms with Crippen molar-refractivity contribution in [1.29, 1.82) is 0 Å². The van der Waals surface area contributed by atoms with Gasteiger partial charge >= 0.3 is 6.03 Å². The van der Waals surface area contributed by atoms with Gasteiger partial charge in [0.15, 0.2) is 0 Å². The van der Waals surface area contributed by atoms with Gasteiger partial charge in [0.25, 0.3) is 0 Å². The minimum Gasteiger partial charge on any atom is -0.336 e. The van der Waals surface area contributed by atoms with Gasteiger partial charge in [0.1, 0.15) is 9.84 Å². The molecular formula is C18H24N2O3S. The van der Waals surface area contributed by atoms with Crippen molar-refractivity contribution in [3.63, 3.8) is 0 Å². The van der Waals surface area contributed by atoms with Crippen LogP contribution in [0.5, 0.6) is 0 Å². The second-order valence-corrected chi connectivity index (χ2v) is 8.49.